The number of nitrogens with zero attached hydrogens (tertiary/aromatic N) is 3. The van der Waals surface area contributed by atoms with E-state index < -0.39 is 21.7 Å². The van der Waals surface area contributed by atoms with Crippen molar-refractivity contribution < 1.29 is 17.3 Å². The fraction of sp³-hybridized carbons (Fsp3) is 0.300. The van der Waals surface area contributed by atoms with Gasteiger partial charge in [0, 0.05) is 30.6 Å². The maximum Gasteiger partial charge on any atom is 0.226 e. The molecule has 158 valence electrons. The van der Waals surface area contributed by atoms with E-state index in [1.807, 2.05) is 24.0 Å². The molecule has 0 spiro atoms. The van der Waals surface area contributed by atoms with Crippen molar-refractivity contribution in [2.45, 2.75) is 30.8 Å². The van der Waals surface area contributed by atoms with E-state index >= 15 is 0 Å². The summed E-state index contributed by atoms with van der Waals surface area (Å²) in [5, 5.41) is 4.43. The maximum absolute atomic E-state index is 14.9. The number of rotatable bonds is 4. The first kappa shape index (κ1) is 20.8. The van der Waals surface area contributed by atoms with Crippen molar-refractivity contribution in [2.75, 3.05) is 17.2 Å². The topological polar surface area (TPSA) is 102 Å². The van der Waals surface area contributed by atoms with E-state index in [9.17, 15) is 12.8 Å². The van der Waals surface area contributed by atoms with E-state index in [2.05, 4.69) is 10.1 Å². The second-order valence-electron chi connectivity index (χ2n) is 7.21. The molecule has 4 rings (SSSR count). The molecule has 0 saturated carbocycles. The number of anilines is 1. The number of sulfone groups is 1. The molecule has 2 aromatic carbocycles. The highest BCUT2D eigenvalue weighted by atomic mass is 35.5. The van der Waals surface area contributed by atoms with Crippen molar-refractivity contribution in [3.8, 4) is 11.4 Å². The molecule has 0 aliphatic carbocycles. The van der Waals surface area contributed by atoms with Crippen LogP contribution in [-0.2, 0) is 22.8 Å². The van der Waals surface area contributed by atoms with Crippen LogP contribution < -0.4 is 10.6 Å². The standard InChI is InChI=1S/C20H20ClFN4O3S/c1-2-19-24-20(25-29-19)15-7-17-18(8-16(15)22)30(27,28)11-14(23)10-26(17)9-12-3-5-13(21)6-4-12/h3-8,14H,2,9-11,23H2,1H3/t14-/m1/s1. The molecule has 1 aromatic heterocycles. The highest BCUT2D eigenvalue weighted by Crippen LogP contribution is 2.36. The van der Waals surface area contributed by atoms with Crippen molar-refractivity contribution in [2.24, 2.45) is 5.73 Å². The van der Waals surface area contributed by atoms with Crippen LogP contribution in [0.4, 0.5) is 10.1 Å². The Hall–Kier alpha value is -2.49. The Kier molecular flexibility index (Phi) is 5.52. The second-order valence-corrected chi connectivity index (χ2v) is 9.65. The van der Waals surface area contributed by atoms with Gasteiger partial charge in [0.1, 0.15) is 5.82 Å². The van der Waals surface area contributed by atoms with Gasteiger partial charge in [-0.3, -0.25) is 0 Å². The first-order valence-electron chi connectivity index (χ1n) is 9.41. The monoisotopic (exact) mass is 450 g/mol. The summed E-state index contributed by atoms with van der Waals surface area (Å²) in [7, 11) is -3.77. The van der Waals surface area contributed by atoms with Gasteiger partial charge in [-0.25, -0.2) is 12.8 Å². The van der Waals surface area contributed by atoms with Gasteiger partial charge in [-0.2, -0.15) is 4.98 Å². The van der Waals surface area contributed by atoms with Crippen molar-refractivity contribution in [3.05, 3.63) is 58.7 Å². The molecule has 0 unspecified atom stereocenters. The van der Waals surface area contributed by atoms with Crippen molar-refractivity contribution in [3.63, 3.8) is 0 Å². The fourth-order valence-corrected chi connectivity index (χ4v) is 5.25. The molecular weight excluding hydrogens is 431 g/mol. The van der Waals surface area contributed by atoms with Gasteiger partial charge in [-0.1, -0.05) is 35.8 Å². The van der Waals surface area contributed by atoms with Crippen molar-refractivity contribution in [1.82, 2.24) is 10.1 Å². The lowest BCUT2D eigenvalue weighted by Gasteiger charge is -2.26. The normalized spacial score (nSPS) is 18.1. The number of hydrogen-bond donors (Lipinski definition) is 1. The Labute approximate surface area is 178 Å². The molecule has 0 bridgehead atoms. The van der Waals surface area contributed by atoms with Crippen LogP contribution >= 0.6 is 11.6 Å². The molecule has 0 fully saturated rings. The summed E-state index contributed by atoms with van der Waals surface area (Å²) in [4.78, 5) is 5.92. The lowest BCUT2D eigenvalue weighted by Crippen LogP contribution is -2.39. The summed E-state index contributed by atoms with van der Waals surface area (Å²) in [6.07, 6.45) is 0.505. The fourth-order valence-electron chi connectivity index (χ4n) is 3.48. The molecule has 0 amide bonds. The van der Waals surface area contributed by atoms with Crippen LogP contribution in [0.5, 0.6) is 0 Å². The molecule has 1 atom stereocenters. The van der Waals surface area contributed by atoms with E-state index in [1.165, 1.54) is 6.07 Å². The van der Waals surface area contributed by atoms with Crippen molar-refractivity contribution in [1.29, 1.82) is 0 Å². The lowest BCUT2D eigenvalue weighted by atomic mass is 10.1. The first-order chi connectivity index (χ1) is 14.3. The Morgan fingerprint density at radius 3 is 2.70 bits per heavy atom. The van der Waals surface area contributed by atoms with E-state index in [-0.39, 0.29) is 28.6 Å². The Morgan fingerprint density at radius 1 is 1.30 bits per heavy atom. The molecule has 1 aliphatic rings. The summed E-state index contributed by atoms with van der Waals surface area (Å²) in [5.41, 5.74) is 7.44. The van der Waals surface area contributed by atoms with E-state index in [4.69, 9.17) is 21.9 Å². The van der Waals surface area contributed by atoms with Gasteiger partial charge in [0.15, 0.2) is 9.84 Å². The van der Waals surface area contributed by atoms with Crippen LogP contribution in [0.1, 0.15) is 18.4 Å². The highest BCUT2D eigenvalue weighted by molar-refractivity contribution is 7.91. The smallest absolute Gasteiger partial charge is 0.226 e. The van der Waals surface area contributed by atoms with Crippen LogP contribution in [0, 0.1) is 5.82 Å². The minimum absolute atomic E-state index is 0.0731. The minimum atomic E-state index is -3.77. The third-order valence-electron chi connectivity index (χ3n) is 4.91. The van der Waals surface area contributed by atoms with E-state index in [1.54, 1.807) is 12.1 Å². The number of aryl methyl sites for hydroxylation is 1. The van der Waals surface area contributed by atoms with E-state index in [0.717, 1.165) is 11.6 Å². The quantitative estimate of drug-likeness (QED) is 0.651. The molecule has 0 saturated heterocycles. The predicted octanol–water partition coefficient (Wildman–Crippen LogP) is 3.21. The van der Waals surface area contributed by atoms with Gasteiger partial charge in [0.25, 0.3) is 0 Å². The molecule has 2 heterocycles. The molecular formula is C20H20ClFN4O3S. The van der Waals surface area contributed by atoms with Gasteiger partial charge in [-0.15, -0.1) is 0 Å². The van der Waals surface area contributed by atoms with Crippen LogP contribution in [0.3, 0.4) is 0 Å². The zero-order chi connectivity index (χ0) is 21.5. The first-order valence-corrected chi connectivity index (χ1v) is 11.4. The highest BCUT2D eigenvalue weighted by Gasteiger charge is 2.32. The number of hydrogen-bond acceptors (Lipinski definition) is 7. The SMILES string of the molecule is CCc1nc(-c2cc3c(cc2F)S(=O)(=O)C[C@H](N)CN3Cc2ccc(Cl)cc2)no1. The number of halogens is 2. The number of aromatic nitrogens is 2. The molecule has 30 heavy (non-hydrogen) atoms. The third-order valence-corrected chi connectivity index (χ3v) is 7.03. The summed E-state index contributed by atoms with van der Waals surface area (Å²) >= 11 is 5.96. The van der Waals surface area contributed by atoms with Crippen LogP contribution in [0.15, 0.2) is 45.8 Å². The Morgan fingerprint density at radius 2 is 2.03 bits per heavy atom. The van der Waals surface area contributed by atoms with Crippen LogP contribution in [0.2, 0.25) is 5.02 Å². The van der Waals surface area contributed by atoms with Gasteiger partial charge in [0.05, 0.1) is 21.9 Å². The van der Waals surface area contributed by atoms with Crippen LogP contribution in [0.25, 0.3) is 11.4 Å². The number of benzene rings is 2. The average molecular weight is 451 g/mol. The van der Waals surface area contributed by atoms with Gasteiger partial charge < -0.3 is 15.2 Å². The zero-order valence-electron chi connectivity index (χ0n) is 16.2. The Balaban J connectivity index is 1.84. The summed E-state index contributed by atoms with van der Waals surface area (Å²) in [5.74, 6) is -0.558. The summed E-state index contributed by atoms with van der Waals surface area (Å²) in [6, 6.07) is 9.07. The number of nitrogens with two attached hydrogens (primary N) is 1. The van der Waals surface area contributed by atoms with E-state index in [0.29, 0.717) is 29.6 Å². The zero-order valence-corrected chi connectivity index (χ0v) is 17.8. The predicted molar refractivity (Wildman–Crippen MR) is 112 cm³/mol. The Bertz CT molecular complexity index is 1180. The molecule has 1 aliphatic heterocycles. The van der Waals surface area contributed by atoms with Gasteiger partial charge in [0.2, 0.25) is 11.7 Å². The molecule has 0 radical (unpaired) electrons. The maximum atomic E-state index is 14.9. The lowest BCUT2D eigenvalue weighted by molar-refractivity contribution is 0.382. The largest absolute Gasteiger partial charge is 0.365 e. The number of fused-ring (bicyclic) bond motifs is 1. The molecule has 2 N–H and O–H groups in total. The molecule has 7 nitrogen and oxygen atoms in total. The minimum Gasteiger partial charge on any atom is -0.365 e. The van der Waals surface area contributed by atoms with Crippen LogP contribution in [-0.4, -0.2) is 36.9 Å². The van der Waals surface area contributed by atoms with Gasteiger partial charge in [-0.05, 0) is 29.8 Å². The summed E-state index contributed by atoms with van der Waals surface area (Å²) < 4.78 is 45.7. The average Bonchev–Trinajstić information content (AvgIpc) is 3.14. The molecule has 3 aromatic rings. The van der Waals surface area contributed by atoms with Crippen molar-refractivity contribution >= 4 is 27.1 Å². The summed E-state index contributed by atoms with van der Waals surface area (Å²) in [6.45, 7) is 2.50. The van der Waals surface area contributed by atoms with Gasteiger partial charge >= 0.3 is 0 Å². The third kappa shape index (κ3) is 4.05. The second kappa shape index (κ2) is 7.98. The molecule has 10 heteroatoms.